The smallest absolute Gasteiger partial charge is 0.0506 e. The van der Waals surface area contributed by atoms with E-state index in [0.29, 0.717) is 0 Å². The van der Waals surface area contributed by atoms with Gasteiger partial charge in [0.25, 0.3) is 0 Å². The van der Waals surface area contributed by atoms with Crippen molar-refractivity contribution in [3.63, 3.8) is 0 Å². The minimum atomic E-state index is -0.950. The molecule has 1 rings (SSSR count). The molecular formula is C13H24NPSi. The van der Waals surface area contributed by atoms with Crippen molar-refractivity contribution in [2.75, 3.05) is 23.7 Å². The zero-order valence-electron chi connectivity index (χ0n) is 11.2. The summed E-state index contributed by atoms with van der Waals surface area (Å²) in [5.74, 6) is 1.43. The lowest BCUT2D eigenvalue weighted by molar-refractivity contribution is 1.29. The van der Waals surface area contributed by atoms with Crippen LogP contribution in [-0.2, 0) is 0 Å². The van der Waals surface area contributed by atoms with Gasteiger partial charge in [0.05, 0.1) is 8.07 Å². The van der Waals surface area contributed by atoms with E-state index in [9.17, 15) is 0 Å². The largest absolute Gasteiger partial charge is 0.354 e. The normalized spacial score (nSPS) is 13.6. The van der Waals surface area contributed by atoms with E-state index in [1.54, 1.807) is 0 Å². The van der Waals surface area contributed by atoms with Crippen LogP contribution in [0.3, 0.4) is 0 Å². The molecule has 0 N–H and O–H groups in total. The van der Waals surface area contributed by atoms with Crippen molar-refractivity contribution >= 4 is 21.8 Å². The Labute approximate surface area is 103 Å². The molecule has 0 aliphatic heterocycles. The van der Waals surface area contributed by atoms with Crippen LogP contribution in [0.25, 0.3) is 0 Å². The molecular weight excluding hydrogens is 229 g/mol. The van der Waals surface area contributed by atoms with Gasteiger partial charge in [0.15, 0.2) is 0 Å². The molecule has 0 saturated heterocycles. The number of hydrogen-bond acceptors (Lipinski definition) is 1. The predicted molar refractivity (Wildman–Crippen MR) is 80.5 cm³/mol. The summed E-state index contributed by atoms with van der Waals surface area (Å²) in [5, 5.41) is 0. The molecule has 1 atom stereocenters. The molecule has 0 aliphatic rings. The molecule has 0 amide bonds. The third-order valence-electron chi connectivity index (χ3n) is 2.58. The number of anilines is 1. The second-order valence-electron chi connectivity index (χ2n) is 5.40. The molecule has 16 heavy (non-hydrogen) atoms. The minimum Gasteiger partial charge on any atom is -0.354 e. The third-order valence-corrected chi connectivity index (χ3v) is 9.64. The number of benzene rings is 1. The van der Waals surface area contributed by atoms with E-state index < -0.39 is 8.07 Å². The van der Waals surface area contributed by atoms with Gasteiger partial charge in [-0.05, 0) is 32.2 Å². The van der Waals surface area contributed by atoms with E-state index in [2.05, 4.69) is 68.6 Å². The highest BCUT2D eigenvalue weighted by atomic mass is 31.1. The fourth-order valence-corrected chi connectivity index (χ4v) is 8.79. The second-order valence-corrected chi connectivity index (χ2v) is 14.0. The lowest BCUT2D eigenvalue weighted by Crippen LogP contribution is -2.29. The molecule has 1 nitrogen and oxygen atoms in total. The molecule has 0 bridgehead atoms. The van der Waals surface area contributed by atoms with Crippen molar-refractivity contribution in [1.29, 1.82) is 0 Å². The number of rotatable bonds is 5. The highest BCUT2D eigenvalue weighted by Crippen LogP contribution is 2.43. The van der Waals surface area contributed by atoms with E-state index in [0.717, 1.165) is 0 Å². The van der Waals surface area contributed by atoms with Crippen LogP contribution in [0.5, 0.6) is 0 Å². The number of para-hydroxylation sites is 1. The average molecular weight is 253 g/mol. The van der Waals surface area contributed by atoms with Crippen molar-refractivity contribution in [3.8, 4) is 0 Å². The van der Waals surface area contributed by atoms with Gasteiger partial charge in [0, 0.05) is 12.7 Å². The summed E-state index contributed by atoms with van der Waals surface area (Å²) < 4.78 is 2.51. The maximum Gasteiger partial charge on any atom is 0.0506 e. The quantitative estimate of drug-likeness (QED) is 0.555. The Hall–Kier alpha value is -0.333. The first-order valence-electron chi connectivity index (χ1n) is 5.97. The van der Waals surface area contributed by atoms with Crippen LogP contribution in [-0.4, -0.2) is 27.1 Å². The van der Waals surface area contributed by atoms with Crippen molar-refractivity contribution in [2.45, 2.75) is 26.6 Å². The predicted octanol–water partition coefficient (Wildman–Crippen LogP) is 4.42. The van der Waals surface area contributed by atoms with E-state index in [1.807, 2.05) is 0 Å². The highest BCUT2D eigenvalue weighted by molar-refractivity contribution is 7.62. The van der Waals surface area contributed by atoms with Crippen LogP contribution >= 0.6 is 8.07 Å². The van der Waals surface area contributed by atoms with Crippen LogP contribution in [0.1, 0.15) is 6.92 Å². The fraction of sp³-hybridized carbons (Fsp3) is 0.538. The Kier molecular flexibility index (Phi) is 5.01. The van der Waals surface area contributed by atoms with Gasteiger partial charge in [0.2, 0.25) is 0 Å². The summed E-state index contributed by atoms with van der Waals surface area (Å²) in [6.07, 6.45) is 1.30. The van der Waals surface area contributed by atoms with E-state index in [-0.39, 0.29) is 8.07 Å². The fourth-order valence-electron chi connectivity index (χ4n) is 1.78. The summed E-state index contributed by atoms with van der Waals surface area (Å²) in [4.78, 5) is 0. The lowest BCUT2D eigenvalue weighted by Gasteiger charge is -2.33. The molecule has 90 valence electrons. The molecule has 0 fully saturated rings. The average Bonchev–Trinajstić information content (AvgIpc) is 2.25. The van der Waals surface area contributed by atoms with Crippen molar-refractivity contribution in [2.24, 2.45) is 0 Å². The Bertz CT molecular complexity index is 307. The van der Waals surface area contributed by atoms with Crippen molar-refractivity contribution in [1.82, 2.24) is 0 Å². The SMILES string of the molecule is CCP(C[Si](C)(C)C)N(C)c1ccccc1. The first-order valence-corrected chi connectivity index (χ1v) is 11.3. The maximum atomic E-state index is 2.51. The molecule has 0 radical (unpaired) electrons. The first-order chi connectivity index (χ1) is 7.44. The summed E-state index contributed by atoms with van der Waals surface area (Å²) in [6, 6.07) is 10.8. The standard InChI is InChI=1S/C13H24NPSi/c1-6-15(12-16(3,4)5)14(2)13-10-8-7-9-11-13/h7-11H,6,12H2,1-5H3. The molecule has 0 heterocycles. The van der Waals surface area contributed by atoms with Crippen LogP contribution in [0, 0.1) is 0 Å². The Morgan fingerprint density at radius 3 is 2.12 bits per heavy atom. The van der Waals surface area contributed by atoms with Gasteiger partial charge < -0.3 is 4.67 Å². The third kappa shape index (κ3) is 4.27. The monoisotopic (exact) mass is 253 g/mol. The molecule has 0 spiro atoms. The Morgan fingerprint density at radius 2 is 1.69 bits per heavy atom. The number of nitrogens with zero attached hydrogens (tertiary/aromatic N) is 1. The zero-order chi connectivity index (χ0) is 12.2. The van der Waals surface area contributed by atoms with Gasteiger partial charge in [-0.1, -0.05) is 44.8 Å². The molecule has 1 unspecified atom stereocenters. The van der Waals surface area contributed by atoms with Gasteiger partial charge in [0.1, 0.15) is 0 Å². The van der Waals surface area contributed by atoms with Gasteiger partial charge in [-0.25, -0.2) is 0 Å². The summed E-state index contributed by atoms with van der Waals surface area (Å²) in [7, 11) is 1.32. The number of hydrogen-bond donors (Lipinski definition) is 0. The van der Waals surface area contributed by atoms with E-state index >= 15 is 0 Å². The summed E-state index contributed by atoms with van der Waals surface area (Å²) in [5.41, 5.74) is 1.37. The van der Waals surface area contributed by atoms with Crippen LogP contribution in [0.15, 0.2) is 30.3 Å². The zero-order valence-corrected chi connectivity index (χ0v) is 13.1. The Balaban J connectivity index is 2.74. The minimum absolute atomic E-state index is 0.0111. The van der Waals surface area contributed by atoms with Crippen molar-refractivity contribution in [3.05, 3.63) is 30.3 Å². The van der Waals surface area contributed by atoms with Gasteiger partial charge in [-0.15, -0.1) is 0 Å². The molecule has 1 aromatic carbocycles. The molecule has 0 saturated carbocycles. The maximum absolute atomic E-state index is 2.51. The first kappa shape index (κ1) is 13.7. The summed E-state index contributed by atoms with van der Waals surface area (Å²) >= 11 is 0. The van der Waals surface area contributed by atoms with E-state index in [1.165, 1.54) is 17.6 Å². The van der Waals surface area contributed by atoms with Crippen LogP contribution in [0.2, 0.25) is 19.6 Å². The lowest BCUT2D eigenvalue weighted by atomic mass is 10.3. The second kappa shape index (κ2) is 5.84. The summed E-state index contributed by atoms with van der Waals surface area (Å²) in [6.45, 7) is 9.73. The van der Waals surface area contributed by atoms with Gasteiger partial charge in [-0.2, -0.15) is 0 Å². The topological polar surface area (TPSA) is 3.24 Å². The van der Waals surface area contributed by atoms with Crippen LogP contribution in [0.4, 0.5) is 5.69 Å². The van der Waals surface area contributed by atoms with Gasteiger partial charge >= 0.3 is 0 Å². The van der Waals surface area contributed by atoms with Gasteiger partial charge in [-0.3, -0.25) is 0 Å². The molecule has 1 aromatic rings. The van der Waals surface area contributed by atoms with E-state index in [4.69, 9.17) is 0 Å². The van der Waals surface area contributed by atoms with Crippen molar-refractivity contribution < 1.29 is 0 Å². The molecule has 3 heteroatoms. The highest BCUT2D eigenvalue weighted by Gasteiger charge is 2.22. The van der Waals surface area contributed by atoms with Crippen LogP contribution < -0.4 is 4.67 Å². The molecule has 0 aromatic heterocycles. The Morgan fingerprint density at radius 1 is 1.12 bits per heavy atom. The molecule has 0 aliphatic carbocycles.